The van der Waals surface area contributed by atoms with Crippen molar-refractivity contribution < 1.29 is 4.79 Å². The first-order chi connectivity index (χ1) is 12.7. The van der Waals surface area contributed by atoms with Crippen LogP contribution in [0, 0.1) is 0 Å². The van der Waals surface area contributed by atoms with Gasteiger partial charge < -0.3 is 10.2 Å². The van der Waals surface area contributed by atoms with Crippen molar-refractivity contribution in [2.24, 2.45) is 0 Å². The highest BCUT2D eigenvalue weighted by atomic mass is 35.5. The Morgan fingerprint density at radius 1 is 1.30 bits per heavy atom. The summed E-state index contributed by atoms with van der Waals surface area (Å²) < 4.78 is 1.70. The average Bonchev–Trinajstić information content (AvgIpc) is 3.41. The molecule has 9 heteroatoms. The molecule has 1 atom stereocenters. The molecule has 4 rings (SSSR count). The van der Waals surface area contributed by atoms with Crippen molar-refractivity contribution in [3.05, 3.63) is 38.2 Å². The van der Waals surface area contributed by atoms with Crippen LogP contribution in [0.2, 0.25) is 0 Å². The molecule has 4 heterocycles. The van der Waals surface area contributed by atoms with E-state index in [0.717, 1.165) is 36.5 Å². The van der Waals surface area contributed by atoms with Crippen LogP contribution < -0.4 is 11.0 Å². The number of nitrogens with one attached hydrogen (secondary N) is 2. The first-order valence-electron chi connectivity index (χ1n) is 9.45. The number of carbonyl (C=O) groups excluding carboxylic acids is 1. The summed E-state index contributed by atoms with van der Waals surface area (Å²) in [5.41, 5.74) is -0.146. The number of hydrogen-bond acceptors (Lipinski definition) is 5. The zero-order chi connectivity index (χ0) is 18.1. The van der Waals surface area contributed by atoms with Crippen molar-refractivity contribution >= 4 is 29.7 Å². The molecular formula is C18H26ClN5O2S. The van der Waals surface area contributed by atoms with Crippen LogP contribution in [0.15, 0.2) is 16.9 Å². The summed E-state index contributed by atoms with van der Waals surface area (Å²) in [6.45, 7) is 5.06. The Balaban J connectivity index is 0.00000210. The van der Waals surface area contributed by atoms with E-state index in [1.165, 1.54) is 11.3 Å². The van der Waals surface area contributed by atoms with Crippen LogP contribution in [-0.4, -0.2) is 45.2 Å². The van der Waals surface area contributed by atoms with Gasteiger partial charge in [-0.2, -0.15) is 5.10 Å². The van der Waals surface area contributed by atoms with E-state index in [0.29, 0.717) is 25.7 Å². The van der Waals surface area contributed by atoms with E-state index in [1.54, 1.807) is 15.9 Å². The van der Waals surface area contributed by atoms with Crippen molar-refractivity contribution in [2.45, 2.75) is 51.1 Å². The van der Waals surface area contributed by atoms with Crippen LogP contribution in [0.1, 0.15) is 64.9 Å². The molecule has 2 aromatic heterocycles. The third kappa shape index (κ3) is 3.97. The number of halogens is 1. The molecule has 0 bridgehead atoms. The summed E-state index contributed by atoms with van der Waals surface area (Å²) in [4.78, 5) is 28.6. The Hall–Kier alpha value is -1.64. The van der Waals surface area contributed by atoms with Gasteiger partial charge in [-0.05, 0) is 51.3 Å². The lowest BCUT2D eigenvalue weighted by atomic mass is 9.95. The molecule has 0 aliphatic carbocycles. The molecule has 2 fully saturated rings. The molecule has 0 saturated carbocycles. The highest BCUT2D eigenvalue weighted by Crippen LogP contribution is 2.31. The maximum atomic E-state index is 12.8. The van der Waals surface area contributed by atoms with Crippen molar-refractivity contribution in [1.82, 2.24) is 25.0 Å². The zero-order valence-corrected chi connectivity index (χ0v) is 17.1. The fourth-order valence-electron chi connectivity index (χ4n) is 4.03. The van der Waals surface area contributed by atoms with E-state index in [9.17, 15) is 9.59 Å². The molecule has 0 spiro atoms. The van der Waals surface area contributed by atoms with Gasteiger partial charge in [0.15, 0.2) is 0 Å². The van der Waals surface area contributed by atoms with Crippen LogP contribution in [0.4, 0.5) is 0 Å². The molecule has 1 unspecified atom stereocenters. The number of carbonyl (C=O) groups is 1. The third-order valence-corrected chi connectivity index (χ3v) is 6.68. The Morgan fingerprint density at radius 3 is 2.74 bits per heavy atom. The number of aromatic amines is 1. The quantitative estimate of drug-likeness (QED) is 0.809. The van der Waals surface area contributed by atoms with E-state index in [1.807, 2.05) is 17.9 Å². The zero-order valence-electron chi connectivity index (χ0n) is 15.4. The van der Waals surface area contributed by atoms with Gasteiger partial charge in [-0.3, -0.25) is 9.36 Å². The number of aromatic nitrogens is 3. The molecule has 7 nitrogen and oxygen atoms in total. The second kappa shape index (κ2) is 8.58. The maximum Gasteiger partial charge on any atom is 0.343 e. The lowest BCUT2D eigenvalue weighted by molar-refractivity contribution is 0.0715. The van der Waals surface area contributed by atoms with Gasteiger partial charge in [0.05, 0.1) is 4.88 Å². The third-order valence-electron chi connectivity index (χ3n) is 5.49. The number of likely N-dealkylation sites (tertiary alicyclic amines) is 1. The molecule has 2 saturated heterocycles. The van der Waals surface area contributed by atoms with Crippen LogP contribution >= 0.6 is 23.7 Å². The van der Waals surface area contributed by atoms with Gasteiger partial charge in [0.1, 0.15) is 5.82 Å². The molecule has 2 aromatic rings. The summed E-state index contributed by atoms with van der Waals surface area (Å²) in [7, 11) is 0. The number of thiophene rings is 1. The van der Waals surface area contributed by atoms with Gasteiger partial charge in [-0.25, -0.2) is 9.89 Å². The maximum absolute atomic E-state index is 12.8. The van der Waals surface area contributed by atoms with Crippen LogP contribution in [0.5, 0.6) is 0 Å². The predicted molar refractivity (Wildman–Crippen MR) is 108 cm³/mol. The van der Waals surface area contributed by atoms with E-state index in [4.69, 9.17) is 0 Å². The Labute approximate surface area is 168 Å². The van der Waals surface area contributed by atoms with Gasteiger partial charge in [0.2, 0.25) is 0 Å². The molecule has 2 aliphatic heterocycles. The molecule has 2 N–H and O–H groups in total. The first-order valence-corrected chi connectivity index (χ1v) is 10.3. The molecule has 148 valence electrons. The fraction of sp³-hybridized carbons (Fsp3) is 0.611. The number of rotatable bonds is 4. The van der Waals surface area contributed by atoms with Gasteiger partial charge >= 0.3 is 5.69 Å². The van der Waals surface area contributed by atoms with E-state index in [-0.39, 0.29) is 29.9 Å². The largest absolute Gasteiger partial charge is 0.343 e. The minimum absolute atomic E-state index is 0. The summed E-state index contributed by atoms with van der Waals surface area (Å²) in [5.74, 6) is 1.20. The second-order valence-electron chi connectivity index (χ2n) is 7.05. The second-order valence-corrected chi connectivity index (χ2v) is 8.16. The van der Waals surface area contributed by atoms with Crippen molar-refractivity contribution in [1.29, 1.82) is 0 Å². The first kappa shape index (κ1) is 20.1. The molecule has 1 amide bonds. The highest BCUT2D eigenvalue weighted by Gasteiger charge is 2.29. The summed E-state index contributed by atoms with van der Waals surface area (Å²) in [6.07, 6.45) is 4.05. The average molecular weight is 412 g/mol. The Bertz CT molecular complexity index is 831. The number of hydrogen-bond donors (Lipinski definition) is 2. The van der Waals surface area contributed by atoms with E-state index in [2.05, 4.69) is 21.6 Å². The van der Waals surface area contributed by atoms with Crippen molar-refractivity contribution in [2.75, 3.05) is 19.6 Å². The standard InChI is InChI=1S/C18H25N5O2S.ClH/c1-2-23-16(20-21-18(23)25)12-7-10-22(11-8-12)17(24)15-6-5-14(26-15)13-4-3-9-19-13;/h5-6,12-13,19H,2-4,7-11H2,1H3,(H,21,25);1H. The van der Waals surface area contributed by atoms with Crippen molar-refractivity contribution in [3.63, 3.8) is 0 Å². The van der Waals surface area contributed by atoms with Gasteiger partial charge in [0.25, 0.3) is 5.91 Å². The minimum Gasteiger partial charge on any atom is -0.338 e. The predicted octanol–water partition coefficient (Wildman–Crippen LogP) is 2.52. The Kier molecular flexibility index (Phi) is 6.39. The van der Waals surface area contributed by atoms with Gasteiger partial charge in [-0.15, -0.1) is 23.7 Å². The highest BCUT2D eigenvalue weighted by molar-refractivity contribution is 7.14. The summed E-state index contributed by atoms with van der Waals surface area (Å²) in [5, 5.41) is 10.2. The lowest BCUT2D eigenvalue weighted by Crippen LogP contribution is -2.38. The summed E-state index contributed by atoms with van der Waals surface area (Å²) in [6, 6.07) is 4.48. The Morgan fingerprint density at radius 2 is 2.07 bits per heavy atom. The SMILES string of the molecule is CCn1c(C2CCN(C(=O)c3ccc(C4CCCN4)s3)CC2)n[nH]c1=O.Cl. The van der Waals surface area contributed by atoms with E-state index < -0.39 is 0 Å². The van der Waals surface area contributed by atoms with E-state index >= 15 is 0 Å². The van der Waals surface area contributed by atoms with Crippen LogP contribution in [0.25, 0.3) is 0 Å². The van der Waals surface area contributed by atoms with Gasteiger partial charge in [0, 0.05) is 36.5 Å². The molecule has 0 radical (unpaired) electrons. The number of amides is 1. The number of nitrogens with zero attached hydrogens (tertiary/aromatic N) is 3. The lowest BCUT2D eigenvalue weighted by Gasteiger charge is -2.31. The molecular weight excluding hydrogens is 386 g/mol. The van der Waals surface area contributed by atoms with Crippen LogP contribution in [0.3, 0.4) is 0 Å². The monoisotopic (exact) mass is 411 g/mol. The normalized spacial score (nSPS) is 20.6. The number of H-pyrrole nitrogens is 1. The number of piperidine rings is 1. The van der Waals surface area contributed by atoms with Crippen molar-refractivity contribution in [3.8, 4) is 0 Å². The molecule has 2 aliphatic rings. The minimum atomic E-state index is -0.146. The summed E-state index contributed by atoms with van der Waals surface area (Å²) >= 11 is 1.62. The smallest absolute Gasteiger partial charge is 0.338 e. The topological polar surface area (TPSA) is 83.0 Å². The fourth-order valence-corrected chi connectivity index (χ4v) is 5.11. The van der Waals surface area contributed by atoms with Crippen LogP contribution in [-0.2, 0) is 6.54 Å². The van der Waals surface area contributed by atoms with Gasteiger partial charge in [-0.1, -0.05) is 0 Å². The molecule has 0 aromatic carbocycles. The molecule has 27 heavy (non-hydrogen) atoms.